The van der Waals surface area contributed by atoms with Crippen molar-refractivity contribution in [1.82, 2.24) is 15.4 Å². The van der Waals surface area contributed by atoms with Gasteiger partial charge in [-0.05, 0) is 42.0 Å². The van der Waals surface area contributed by atoms with Crippen molar-refractivity contribution in [3.8, 4) is 11.5 Å². The average Bonchev–Trinajstić information content (AvgIpc) is 2.77. The summed E-state index contributed by atoms with van der Waals surface area (Å²) in [5.41, 5.74) is 3.31. The fourth-order valence-electron chi connectivity index (χ4n) is 2.27. The summed E-state index contributed by atoms with van der Waals surface area (Å²) in [4.78, 5) is 31.9. The Morgan fingerprint density at radius 1 is 1.07 bits per heavy atom. The predicted molar refractivity (Wildman–Crippen MR) is 112 cm³/mol. The van der Waals surface area contributed by atoms with Crippen molar-refractivity contribution in [3.63, 3.8) is 0 Å². The van der Waals surface area contributed by atoms with Crippen molar-refractivity contribution < 1.29 is 19.1 Å². The lowest BCUT2D eigenvalue weighted by atomic mass is 10.2. The van der Waals surface area contributed by atoms with Gasteiger partial charge in [0.2, 0.25) is 0 Å². The van der Waals surface area contributed by atoms with Crippen LogP contribution in [0, 0.1) is 0 Å². The molecule has 0 fully saturated rings. The molecule has 152 valence electrons. The van der Waals surface area contributed by atoms with Crippen LogP contribution in [-0.4, -0.2) is 35.2 Å². The lowest BCUT2D eigenvalue weighted by Crippen LogP contribution is -2.19. The number of amides is 1. The quantitative estimate of drug-likeness (QED) is 0.268. The second-order valence-corrected chi connectivity index (χ2v) is 6.53. The number of hydrogen-bond acceptors (Lipinski definition) is 7. The summed E-state index contributed by atoms with van der Waals surface area (Å²) < 4.78 is 10.6. The first kappa shape index (κ1) is 21.2. The van der Waals surface area contributed by atoms with Crippen molar-refractivity contribution in [1.29, 1.82) is 0 Å². The number of benzene rings is 2. The summed E-state index contributed by atoms with van der Waals surface area (Å²) >= 11 is 11.8. The highest BCUT2D eigenvalue weighted by atomic mass is 35.5. The summed E-state index contributed by atoms with van der Waals surface area (Å²) in [6.07, 6.45) is 5.59. The van der Waals surface area contributed by atoms with Crippen LogP contribution in [0.15, 0.2) is 60.1 Å². The molecule has 0 aliphatic carbocycles. The number of carbonyl (C=O) groups excluding carboxylic acids is 2. The third-order valence-electron chi connectivity index (χ3n) is 3.72. The Bertz CT molecular complexity index is 1110. The van der Waals surface area contributed by atoms with Gasteiger partial charge in [0.1, 0.15) is 5.69 Å². The number of aromatic nitrogens is 2. The summed E-state index contributed by atoms with van der Waals surface area (Å²) in [6.45, 7) is 0. The standard InChI is InChI=1S/C20H14Cl2N4O4/c1-29-18-8-12(10-25-26-19(27)16-11-23-6-7-24-16)2-5-17(18)30-20(28)13-3-4-14(21)15(22)9-13/h2-11H,1H3,(H,26,27)/b25-10-. The number of carbonyl (C=O) groups is 2. The lowest BCUT2D eigenvalue weighted by molar-refractivity contribution is 0.0729. The molecule has 0 aliphatic rings. The molecule has 3 aromatic rings. The van der Waals surface area contributed by atoms with E-state index in [9.17, 15) is 9.59 Å². The van der Waals surface area contributed by atoms with Crippen LogP contribution in [0.3, 0.4) is 0 Å². The highest BCUT2D eigenvalue weighted by Gasteiger charge is 2.14. The third-order valence-corrected chi connectivity index (χ3v) is 4.46. The monoisotopic (exact) mass is 444 g/mol. The molecule has 1 N–H and O–H groups in total. The van der Waals surface area contributed by atoms with Crippen LogP contribution in [0.25, 0.3) is 0 Å². The molecule has 0 unspecified atom stereocenters. The fraction of sp³-hybridized carbons (Fsp3) is 0.0500. The fourth-order valence-corrected chi connectivity index (χ4v) is 2.57. The van der Waals surface area contributed by atoms with Crippen LogP contribution in [0.5, 0.6) is 11.5 Å². The van der Waals surface area contributed by atoms with Crippen LogP contribution in [0.2, 0.25) is 10.0 Å². The second kappa shape index (κ2) is 9.82. The highest BCUT2D eigenvalue weighted by Crippen LogP contribution is 2.29. The molecular formula is C20H14Cl2N4O4. The number of methoxy groups -OCH3 is 1. The van der Waals surface area contributed by atoms with E-state index in [4.69, 9.17) is 32.7 Å². The molecule has 0 saturated carbocycles. The Labute approximate surface area is 181 Å². The first-order valence-corrected chi connectivity index (χ1v) is 9.18. The topological polar surface area (TPSA) is 103 Å². The maximum Gasteiger partial charge on any atom is 0.343 e. The number of nitrogens with one attached hydrogen (secondary N) is 1. The van der Waals surface area contributed by atoms with Gasteiger partial charge < -0.3 is 9.47 Å². The number of rotatable bonds is 6. The molecule has 0 aliphatic heterocycles. The van der Waals surface area contributed by atoms with Crippen LogP contribution >= 0.6 is 23.2 Å². The highest BCUT2D eigenvalue weighted by molar-refractivity contribution is 6.42. The molecule has 30 heavy (non-hydrogen) atoms. The van der Waals surface area contributed by atoms with Crippen molar-refractivity contribution in [2.24, 2.45) is 5.10 Å². The molecule has 0 spiro atoms. The Morgan fingerprint density at radius 3 is 2.60 bits per heavy atom. The minimum atomic E-state index is -0.621. The van der Waals surface area contributed by atoms with Gasteiger partial charge in [-0.3, -0.25) is 9.78 Å². The zero-order chi connectivity index (χ0) is 21.5. The average molecular weight is 445 g/mol. The number of nitrogens with zero attached hydrogens (tertiary/aromatic N) is 3. The largest absolute Gasteiger partial charge is 0.493 e. The molecule has 1 amide bonds. The molecule has 2 aromatic carbocycles. The van der Waals surface area contributed by atoms with Gasteiger partial charge in [-0.15, -0.1) is 0 Å². The van der Waals surface area contributed by atoms with E-state index in [0.29, 0.717) is 16.3 Å². The van der Waals surface area contributed by atoms with Crippen LogP contribution in [-0.2, 0) is 0 Å². The molecule has 0 saturated heterocycles. The van der Waals surface area contributed by atoms with Crippen molar-refractivity contribution in [2.75, 3.05) is 7.11 Å². The van der Waals surface area contributed by atoms with Gasteiger partial charge in [0.25, 0.3) is 5.91 Å². The van der Waals surface area contributed by atoms with E-state index < -0.39 is 11.9 Å². The number of ether oxygens (including phenoxy) is 2. The first-order chi connectivity index (χ1) is 14.5. The van der Waals surface area contributed by atoms with Gasteiger partial charge in [0.05, 0.1) is 35.1 Å². The van der Waals surface area contributed by atoms with Gasteiger partial charge in [-0.1, -0.05) is 23.2 Å². The maximum absolute atomic E-state index is 12.3. The van der Waals surface area contributed by atoms with E-state index in [1.54, 1.807) is 18.2 Å². The van der Waals surface area contributed by atoms with E-state index in [1.165, 1.54) is 50.1 Å². The van der Waals surface area contributed by atoms with Crippen LogP contribution in [0.4, 0.5) is 0 Å². The minimum Gasteiger partial charge on any atom is -0.493 e. The molecule has 1 heterocycles. The van der Waals surface area contributed by atoms with E-state index in [0.717, 1.165) is 0 Å². The Kier molecular flexibility index (Phi) is 6.95. The van der Waals surface area contributed by atoms with Gasteiger partial charge in [-0.2, -0.15) is 5.10 Å². The van der Waals surface area contributed by atoms with Gasteiger partial charge in [0.15, 0.2) is 11.5 Å². The predicted octanol–water partition coefficient (Wildman–Crippen LogP) is 3.78. The molecule has 0 radical (unpaired) electrons. The lowest BCUT2D eigenvalue weighted by Gasteiger charge is -2.10. The number of hydrogen-bond donors (Lipinski definition) is 1. The summed E-state index contributed by atoms with van der Waals surface area (Å²) in [5.74, 6) is -0.620. The first-order valence-electron chi connectivity index (χ1n) is 8.42. The van der Waals surface area contributed by atoms with E-state index >= 15 is 0 Å². The second-order valence-electron chi connectivity index (χ2n) is 5.72. The van der Waals surface area contributed by atoms with Crippen LogP contribution < -0.4 is 14.9 Å². The number of esters is 1. The van der Waals surface area contributed by atoms with E-state index in [1.807, 2.05) is 0 Å². The van der Waals surface area contributed by atoms with Crippen molar-refractivity contribution >= 4 is 41.3 Å². The Hall–Kier alpha value is -3.49. The van der Waals surface area contributed by atoms with Crippen LogP contribution in [0.1, 0.15) is 26.4 Å². The normalized spacial score (nSPS) is 10.6. The third kappa shape index (κ3) is 5.31. The Morgan fingerprint density at radius 2 is 1.90 bits per heavy atom. The SMILES string of the molecule is COc1cc(/C=N\NC(=O)c2cnccn2)ccc1OC(=O)c1ccc(Cl)c(Cl)c1. The molecule has 3 rings (SSSR count). The van der Waals surface area contributed by atoms with Crippen molar-refractivity contribution in [3.05, 3.63) is 81.9 Å². The summed E-state index contributed by atoms with van der Waals surface area (Å²) in [6, 6.07) is 9.20. The molecule has 10 heteroatoms. The maximum atomic E-state index is 12.3. The molecule has 0 atom stereocenters. The zero-order valence-corrected chi connectivity index (χ0v) is 17.0. The van der Waals surface area contributed by atoms with E-state index in [2.05, 4.69) is 20.5 Å². The Balaban J connectivity index is 1.69. The molecular weight excluding hydrogens is 431 g/mol. The number of halogens is 2. The number of hydrazone groups is 1. The van der Waals surface area contributed by atoms with E-state index in [-0.39, 0.29) is 22.0 Å². The summed E-state index contributed by atoms with van der Waals surface area (Å²) in [7, 11) is 1.43. The molecule has 1 aromatic heterocycles. The molecule has 8 nitrogen and oxygen atoms in total. The smallest absolute Gasteiger partial charge is 0.343 e. The van der Waals surface area contributed by atoms with Gasteiger partial charge in [0, 0.05) is 12.4 Å². The summed E-state index contributed by atoms with van der Waals surface area (Å²) in [5, 5.41) is 4.44. The van der Waals surface area contributed by atoms with Gasteiger partial charge >= 0.3 is 5.97 Å². The van der Waals surface area contributed by atoms with Gasteiger partial charge in [-0.25, -0.2) is 15.2 Å². The van der Waals surface area contributed by atoms with Crippen molar-refractivity contribution in [2.45, 2.75) is 0 Å². The minimum absolute atomic E-state index is 0.136. The molecule has 0 bridgehead atoms. The zero-order valence-electron chi connectivity index (χ0n) is 15.5.